The van der Waals surface area contributed by atoms with Gasteiger partial charge >= 0.3 is 5.97 Å². The van der Waals surface area contributed by atoms with Crippen molar-refractivity contribution in [3.05, 3.63) is 35.5 Å². The number of carboxylic acid groups (broad SMARTS) is 1. The van der Waals surface area contributed by atoms with E-state index in [2.05, 4.69) is 25.3 Å². The third kappa shape index (κ3) is 4.50. The number of anilines is 1. The molecule has 0 spiro atoms. The van der Waals surface area contributed by atoms with Gasteiger partial charge in [-0.3, -0.25) is 9.69 Å². The minimum atomic E-state index is -0.854. The van der Waals surface area contributed by atoms with Crippen LogP contribution in [0.2, 0.25) is 5.02 Å². The summed E-state index contributed by atoms with van der Waals surface area (Å²) >= 11 is 6.04. The van der Waals surface area contributed by atoms with E-state index in [0.717, 1.165) is 11.6 Å². The van der Waals surface area contributed by atoms with Crippen molar-refractivity contribution >= 4 is 34.4 Å². The number of carboxylic acids is 1. The van der Waals surface area contributed by atoms with Crippen molar-refractivity contribution in [3.63, 3.8) is 0 Å². The summed E-state index contributed by atoms with van der Waals surface area (Å²) in [5.41, 5.74) is 1.29. The summed E-state index contributed by atoms with van der Waals surface area (Å²) in [6, 6.07) is 1.65. The molecule has 0 aromatic carbocycles. The fraction of sp³-hybridized carbons (Fsp3) is 0.368. The highest BCUT2D eigenvalue weighted by atomic mass is 35.5. The lowest BCUT2D eigenvalue weighted by molar-refractivity contribution is -0.137. The van der Waals surface area contributed by atoms with E-state index < -0.39 is 11.8 Å². The van der Waals surface area contributed by atoms with Crippen LogP contribution in [0, 0.1) is 5.82 Å². The van der Waals surface area contributed by atoms with Crippen LogP contribution in [0.3, 0.4) is 0 Å². The number of aromatic nitrogens is 4. The Balaban J connectivity index is 1.52. The molecule has 4 heterocycles. The molecule has 1 aliphatic rings. The van der Waals surface area contributed by atoms with Crippen molar-refractivity contribution in [1.29, 1.82) is 0 Å². The number of halogens is 2. The molecule has 1 fully saturated rings. The standard InChI is InChI=1S/C19H20ClFN6O3/c20-11-5-13-14(8-24-17(13)22-6-11)18-25-9-15(21)19(26-18)23-7-12-10-30-4-3-27(12)2-1-16(28)29/h5-6,8-9,12H,1-4,7,10H2,(H,22,24)(H,28,29)(H,23,25,26). The summed E-state index contributed by atoms with van der Waals surface area (Å²) in [4.78, 5) is 28.6. The van der Waals surface area contributed by atoms with Crippen molar-refractivity contribution < 1.29 is 19.0 Å². The number of hydrogen-bond acceptors (Lipinski definition) is 7. The highest BCUT2D eigenvalue weighted by Gasteiger charge is 2.24. The van der Waals surface area contributed by atoms with Gasteiger partial charge in [0.15, 0.2) is 17.5 Å². The largest absolute Gasteiger partial charge is 0.481 e. The van der Waals surface area contributed by atoms with E-state index in [1.165, 1.54) is 6.20 Å². The first kappa shape index (κ1) is 20.5. The minimum absolute atomic E-state index is 0.0413. The number of nitrogens with one attached hydrogen (secondary N) is 2. The molecule has 0 aliphatic carbocycles. The monoisotopic (exact) mass is 434 g/mol. The van der Waals surface area contributed by atoms with Crippen molar-refractivity contribution in [1.82, 2.24) is 24.8 Å². The number of hydrogen-bond donors (Lipinski definition) is 3. The predicted octanol–water partition coefficient (Wildman–Crippen LogP) is 2.40. The van der Waals surface area contributed by atoms with Crippen molar-refractivity contribution in [2.24, 2.45) is 0 Å². The lowest BCUT2D eigenvalue weighted by Gasteiger charge is -2.35. The Hall–Kier alpha value is -2.82. The van der Waals surface area contributed by atoms with Crippen LogP contribution in [0.25, 0.3) is 22.4 Å². The SMILES string of the molecule is O=C(O)CCN1CCOCC1CNc1nc(-c2c[nH]c3ncc(Cl)cc23)ncc1F. The van der Waals surface area contributed by atoms with E-state index >= 15 is 0 Å². The maximum Gasteiger partial charge on any atom is 0.304 e. The Morgan fingerprint density at radius 3 is 3.13 bits per heavy atom. The van der Waals surface area contributed by atoms with Crippen LogP contribution in [0.5, 0.6) is 0 Å². The van der Waals surface area contributed by atoms with Gasteiger partial charge in [-0.1, -0.05) is 11.6 Å². The molecule has 0 saturated carbocycles. The van der Waals surface area contributed by atoms with Gasteiger partial charge in [0.2, 0.25) is 0 Å². The Bertz CT molecular complexity index is 1060. The zero-order valence-electron chi connectivity index (χ0n) is 15.9. The van der Waals surface area contributed by atoms with Crippen LogP contribution >= 0.6 is 11.6 Å². The molecule has 30 heavy (non-hydrogen) atoms. The summed E-state index contributed by atoms with van der Waals surface area (Å²) in [5, 5.41) is 13.2. The third-order valence-corrected chi connectivity index (χ3v) is 5.16. The molecular weight excluding hydrogens is 415 g/mol. The molecule has 0 radical (unpaired) electrons. The zero-order valence-corrected chi connectivity index (χ0v) is 16.7. The summed E-state index contributed by atoms with van der Waals surface area (Å²) < 4.78 is 19.8. The van der Waals surface area contributed by atoms with Gasteiger partial charge in [-0.15, -0.1) is 0 Å². The fourth-order valence-electron chi connectivity index (χ4n) is 3.41. The van der Waals surface area contributed by atoms with Gasteiger partial charge in [0.25, 0.3) is 0 Å². The molecule has 0 bridgehead atoms. The molecule has 1 atom stereocenters. The Kier molecular flexibility index (Phi) is 6.07. The number of morpholine rings is 1. The maximum atomic E-state index is 14.3. The lowest BCUT2D eigenvalue weighted by atomic mass is 10.2. The molecule has 11 heteroatoms. The smallest absolute Gasteiger partial charge is 0.304 e. The second kappa shape index (κ2) is 8.90. The van der Waals surface area contributed by atoms with Crippen LogP contribution in [0.1, 0.15) is 6.42 Å². The molecule has 3 aromatic heterocycles. The first-order valence-electron chi connectivity index (χ1n) is 9.44. The number of ether oxygens (including phenoxy) is 1. The highest BCUT2D eigenvalue weighted by molar-refractivity contribution is 6.31. The molecule has 9 nitrogen and oxygen atoms in total. The number of aromatic amines is 1. The normalized spacial score (nSPS) is 17.3. The van der Waals surface area contributed by atoms with E-state index in [1.54, 1.807) is 12.3 Å². The minimum Gasteiger partial charge on any atom is -0.481 e. The van der Waals surface area contributed by atoms with E-state index in [4.69, 9.17) is 21.4 Å². The van der Waals surface area contributed by atoms with Crippen molar-refractivity contribution in [2.45, 2.75) is 12.5 Å². The molecule has 1 unspecified atom stereocenters. The second-order valence-electron chi connectivity index (χ2n) is 6.93. The number of rotatable bonds is 7. The van der Waals surface area contributed by atoms with Crippen LogP contribution in [0.15, 0.2) is 24.7 Å². The van der Waals surface area contributed by atoms with E-state index in [0.29, 0.717) is 54.9 Å². The van der Waals surface area contributed by atoms with Crippen LogP contribution in [-0.4, -0.2) is 74.8 Å². The highest BCUT2D eigenvalue weighted by Crippen LogP contribution is 2.28. The average molecular weight is 435 g/mol. The van der Waals surface area contributed by atoms with Gasteiger partial charge < -0.3 is 20.1 Å². The molecule has 1 saturated heterocycles. The first-order chi connectivity index (χ1) is 14.5. The van der Waals surface area contributed by atoms with Crippen molar-refractivity contribution in [3.8, 4) is 11.4 Å². The summed E-state index contributed by atoms with van der Waals surface area (Å²) in [6.45, 7) is 2.36. The molecule has 4 rings (SSSR count). The van der Waals surface area contributed by atoms with Crippen LogP contribution in [0.4, 0.5) is 10.2 Å². The van der Waals surface area contributed by atoms with Gasteiger partial charge in [-0.25, -0.2) is 19.3 Å². The van der Waals surface area contributed by atoms with Gasteiger partial charge in [0.1, 0.15) is 5.65 Å². The summed E-state index contributed by atoms with van der Waals surface area (Å²) in [7, 11) is 0. The van der Waals surface area contributed by atoms with Crippen molar-refractivity contribution in [2.75, 3.05) is 38.2 Å². The van der Waals surface area contributed by atoms with Crippen LogP contribution < -0.4 is 5.32 Å². The Morgan fingerprint density at radius 2 is 2.30 bits per heavy atom. The lowest BCUT2D eigenvalue weighted by Crippen LogP contribution is -2.49. The Labute approximate surface area is 176 Å². The fourth-order valence-corrected chi connectivity index (χ4v) is 3.57. The van der Waals surface area contributed by atoms with Gasteiger partial charge in [0, 0.05) is 43.0 Å². The molecule has 3 N–H and O–H groups in total. The quantitative estimate of drug-likeness (QED) is 0.519. The van der Waals surface area contributed by atoms with Crippen LogP contribution in [-0.2, 0) is 9.53 Å². The molecule has 158 valence electrons. The second-order valence-corrected chi connectivity index (χ2v) is 7.37. The predicted molar refractivity (Wildman–Crippen MR) is 109 cm³/mol. The number of carbonyl (C=O) groups is 1. The summed E-state index contributed by atoms with van der Waals surface area (Å²) in [6.07, 6.45) is 4.39. The number of pyridine rings is 1. The molecule has 1 aliphatic heterocycles. The maximum absolute atomic E-state index is 14.3. The zero-order chi connectivity index (χ0) is 21.1. The van der Waals surface area contributed by atoms with Gasteiger partial charge in [-0.05, 0) is 6.07 Å². The molecule has 3 aromatic rings. The van der Waals surface area contributed by atoms with E-state index in [9.17, 15) is 9.18 Å². The summed E-state index contributed by atoms with van der Waals surface area (Å²) in [5.74, 6) is -1.04. The first-order valence-corrected chi connectivity index (χ1v) is 9.82. The van der Waals surface area contributed by atoms with Gasteiger partial charge in [0.05, 0.1) is 36.9 Å². The average Bonchev–Trinajstić information content (AvgIpc) is 3.15. The van der Waals surface area contributed by atoms with E-state index in [-0.39, 0.29) is 18.3 Å². The number of nitrogens with zero attached hydrogens (tertiary/aromatic N) is 4. The number of fused-ring (bicyclic) bond motifs is 1. The Morgan fingerprint density at radius 1 is 1.43 bits per heavy atom. The molecule has 0 amide bonds. The topological polar surface area (TPSA) is 116 Å². The third-order valence-electron chi connectivity index (χ3n) is 4.95. The molecular formula is C19H20ClFN6O3. The van der Waals surface area contributed by atoms with Gasteiger partial charge in [-0.2, -0.15) is 0 Å². The van der Waals surface area contributed by atoms with E-state index in [1.807, 2.05) is 4.90 Å². The number of aliphatic carboxylic acids is 1. The number of H-pyrrole nitrogens is 1.